The molecule has 0 bridgehead atoms. The maximum Gasteiger partial charge on any atom is 0.272 e. The zero-order chi connectivity index (χ0) is 16.8. The quantitative estimate of drug-likeness (QED) is 0.522. The van der Waals surface area contributed by atoms with Gasteiger partial charge in [-0.25, -0.2) is 0 Å². The Balaban J connectivity index is 2.21. The molecule has 0 saturated carbocycles. The van der Waals surface area contributed by atoms with Gasteiger partial charge in [-0.15, -0.1) is 0 Å². The lowest BCUT2D eigenvalue weighted by molar-refractivity contribution is -0.385. The minimum atomic E-state index is -0.929. The first kappa shape index (κ1) is 17.6. The summed E-state index contributed by atoms with van der Waals surface area (Å²) in [5, 5.41) is 32.7. The number of non-ortho nitro benzene ring substituents is 1. The highest BCUT2D eigenvalue weighted by atomic mass is 35.5. The van der Waals surface area contributed by atoms with Crippen LogP contribution < -0.4 is 5.32 Å². The van der Waals surface area contributed by atoms with E-state index in [2.05, 4.69) is 5.32 Å². The Bertz CT molecular complexity index is 682. The van der Waals surface area contributed by atoms with Gasteiger partial charge in [-0.05, 0) is 30.3 Å². The fourth-order valence-corrected chi connectivity index (χ4v) is 2.82. The Kier molecular flexibility index (Phi) is 6.23. The van der Waals surface area contributed by atoms with Crippen molar-refractivity contribution in [2.75, 3.05) is 18.5 Å². The van der Waals surface area contributed by atoms with Gasteiger partial charge in [0.25, 0.3) is 5.69 Å². The van der Waals surface area contributed by atoms with Gasteiger partial charge in [0.1, 0.15) is 0 Å². The molecular formula is C15H15ClN2O4S. The first-order valence-electron chi connectivity index (χ1n) is 6.73. The van der Waals surface area contributed by atoms with Gasteiger partial charge in [-0.2, -0.15) is 0 Å². The van der Waals surface area contributed by atoms with Crippen molar-refractivity contribution in [1.29, 1.82) is 0 Å². The van der Waals surface area contributed by atoms with Crippen molar-refractivity contribution in [3.05, 3.63) is 57.6 Å². The number of anilines is 1. The molecule has 0 saturated heterocycles. The van der Waals surface area contributed by atoms with E-state index < -0.39 is 11.0 Å². The molecule has 0 fully saturated rings. The summed E-state index contributed by atoms with van der Waals surface area (Å²) in [5.41, 5.74) is 0.452. The van der Waals surface area contributed by atoms with Crippen molar-refractivity contribution in [1.82, 2.24) is 0 Å². The first-order chi connectivity index (χ1) is 11.0. The molecule has 2 rings (SSSR count). The molecule has 0 aliphatic heterocycles. The van der Waals surface area contributed by atoms with Crippen LogP contribution in [-0.4, -0.2) is 34.4 Å². The van der Waals surface area contributed by atoms with Gasteiger partial charge in [0.2, 0.25) is 0 Å². The van der Waals surface area contributed by atoms with Crippen LogP contribution in [-0.2, 0) is 0 Å². The minimum Gasteiger partial charge on any atom is -0.394 e. The fraction of sp³-hybridized carbons (Fsp3) is 0.200. The third kappa shape index (κ3) is 5.40. The topological polar surface area (TPSA) is 95.6 Å². The molecule has 0 spiro atoms. The highest BCUT2D eigenvalue weighted by molar-refractivity contribution is 7.99. The number of nitro benzene ring substituents is 1. The fourth-order valence-electron chi connectivity index (χ4n) is 1.79. The summed E-state index contributed by atoms with van der Waals surface area (Å²) in [4.78, 5) is 12.2. The average Bonchev–Trinajstić information content (AvgIpc) is 2.54. The standard InChI is InChI=1S/C15H15ClN2O4S/c16-10-1-3-14(4-2-10)23-15-6-11(17-8-13(20)9-19)5-12(7-15)18(21)22/h1-7,13,17,19-20H,8-9H2. The van der Waals surface area contributed by atoms with Gasteiger partial charge < -0.3 is 15.5 Å². The lowest BCUT2D eigenvalue weighted by Crippen LogP contribution is -2.22. The molecule has 0 aliphatic rings. The van der Waals surface area contributed by atoms with Gasteiger partial charge >= 0.3 is 0 Å². The van der Waals surface area contributed by atoms with Gasteiger partial charge in [0.05, 0.1) is 17.6 Å². The number of nitrogens with zero attached hydrogens (tertiary/aromatic N) is 1. The molecule has 0 aliphatic carbocycles. The Labute approximate surface area is 142 Å². The highest BCUT2D eigenvalue weighted by Gasteiger charge is 2.12. The van der Waals surface area contributed by atoms with E-state index in [-0.39, 0.29) is 18.8 Å². The highest BCUT2D eigenvalue weighted by Crippen LogP contribution is 2.33. The molecule has 2 aromatic carbocycles. The maximum atomic E-state index is 11.1. The number of nitrogens with one attached hydrogen (secondary N) is 1. The van der Waals surface area contributed by atoms with Gasteiger partial charge in [-0.1, -0.05) is 23.4 Å². The molecule has 0 amide bonds. The van der Waals surface area contributed by atoms with E-state index in [9.17, 15) is 15.2 Å². The number of halogens is 1. The van der Waals surface area contributed by atoms with Crippen LogP contribution in [0.4, 0.5) is 11.4 Å². The summed E-state index contributed by atoms with van der Waals surface area (Å²) in [6, 6.07) is 11.8. The summed E-state index contributed by atoms with van der Waals surface area (Å²) in [6.07, 6.45) is -0.929. The van der Waals surface area contributed by atoms with Crippen LogP contribution >= 0.6 is 23.4 Å². The Morgan fingerprint density at radius 1 is 1.22 bits per heavy atom. The monoisotopic (exact) mass is 354 g/mol. The lowest BCUT2D eigenvalue weighted by atomic mass is 10.2. The van der Waals surface area contributed by atoms with Crippen LogP contribution in [0.25, 0.3) is 0 Å². The van der Waals surface area contributed by atoms with E-state index >= 15 is 0 Å². The van der Waals surface area contributed by atoms with E-state index in [0.717, 1.165) is 4.90 Å². The molecular weight excluding hydrogens is 340 g/mol. The first-order valence-corrected chi connectivity index (χ1v) is 7.93. The lowest BCUT2D eigenvalue weighted by Gasteiger charge is -2.11. The van der Waals surface area contributed by atoms with Crippen molar-refractivity contribution in [3.8, 4) is 0 Å². The molecule has 122 valence electrons. The smallest absolute Gasteiger partial charge is 0.272 e. The molecule has 0 radical (unpaired) electrons. The van der Waals surface area contributed by atoms with Crippen molar-refractivity contribution in [2.24, 2.45) is 0 Å². The second-order valence-electron chi connectivity index (χ2n) is 4.75. The molecule has 8 heteroatoms. The molecule has 0 aromatic heterocycles. The third-order valence-corrected chi connectivity index (χ3v) is 4.14. The van der Waals surface area contributed by atoms with Gasteiger partial charge in [0, 0.05) is 39.2 Å². The van der Waals surface area contributed by atoms with E-state index in [1.165, 1.54) is 23.9 Å². The molecule has 1 unspecified atom stereocenters. The zero-order valence-corrected chi connectivity index (χ0v) is 13.5. The summed E-state index contributed by atoms with van der Waals surface area (Å²) < 4.78 is 0. The van der Waals surface area contributed by atoms with Crippen LogP contribution in [0.15, 0.2) is 52.3 Å². The number of hydrogen-bond acceptors (Lipinski definition) is 6. The van der Waals surface area contributed by atoms with Crippen LogP contribution in [0.5, 0.6) is 0 Å². The van der Waals surface area contributed by atoms with E-state index in [1.54, 1.807) is 18.2 Å². The third-order valence-electron chi connectivity index (χ3n) is 2.90. The number of hydrogen-bond donors (Lipinski definition) is 3. The molecule has 23 heavy (non-hydrogen) atoms. The van der Waals surface area contributed by atoms with Crippen molar-refractivity contribution < 1.29 is 15.1 Å². The summed E-state index contributed by atoms with van der Waals surface area (Å²) >= 11 is 7.21. The zero-order valence-electron chi connectivity index (χ0n) is 12.0. The van der Waals surface area contributed by atoms with Gasteiger partial charge in [0.15, 0.2) is 0 Å². The average molecular weight is 355 g/mol. The predicted octanol–water partition coefficient (Wildman–Crippen LogP) is 3.16. The Morgan fingerprint density at radius 3 is 2.52 bits per heavy atom. The SMILES string of the molecule is O=[N+]([O-])c1cc(NCC(O)CO)cc(Sc2ccc(Cl)cc2)c1. The van der Waals surface area contributed by atoms with E-state index in [0.29, 0.717) is 15.6 Å². The predicted molar refractivity (Wildman–Crippen MR) is 90.3 cm³/mol. The summed E-state index contributed by atoms with van der Waals surface area (Å²) in [6.45, 7) is -0.281. The Morgan fingerprint density at radius 2 is 1.91 bits per heavy atom. The largest absolute Gasteiger partial charge is 0.394 e. The number of benzene rings is 2. The van der Waals surface area contributed by atoms with Crippen LogP contribution in [0, 0.1) is 10.1 Å². The number of rotatable bonds is 7. The van der Waals surface area contributed by atoms with Gasteiger partial charge in [-0.3, -0.25) is 10.1 Å². The molecule has 1 atom stereocenters. The number of aliphatic hydroxyl groups is 2. The second kappa shape index (κ2) is 8.16. The normalized spacial score (nSPS) is 12.0. The van der Waals surface area contributed by atoms with Crippen molar-refractivity contribution in [2.45, 2.75) is 15.9 Å². The van der Waals surface area contributed by atoms with E-state index in [4.69, 9.17) is 16.7 Å². The van der Waals surface area contributed by atoms with Crippen molar-refractivity contribution in [3.63, 3.8) is 0 Å². The number of aliphatic hydroxyl groups excluding tert-OH is 2. The second-order valence-corrected chi connectivity index (χ2v) is 6.33. The Hall–Kier alpha value is -1.80. The molecule has 2 aromatic rings. The maximum absolute atomic E-state index is 11.1. The van der Waals surface area contributed by atoms with Crippen LogP contribution in [0.3, 0.4) is 0 Å². The van der Waals surface area contributed by atoms with E-state index in [1.807, 2.05) is 12.1 Å². The van der Waals surface area contributed by atoms with Crippen LogP contribution in [0.1, 0.15) is 0 Å². The molecule has 6 nitrogen and oxygen atoms in total. The number of nitro groups is 1. The van der Waals surface area contributed by atoms with Crippen LogP contribution in [0.2, 0.25) is 5.02 Å². The minimum absolute atomic E-state index is 0.0510. The van der Waals surface area contributed by atoms with Crippen molar-refractivity contribution >= 4 is 34.7 Å². The summed E-state index contributed by atoms with van der Waals surface area (Å²) in [7, 11) is 0. The molecule has 3 N–H and O–H groups in total. The molecule has 0 heterocycles. The summed E-state index contributed by atoms with van der Waals surface area (Å²) in [5.74, 6) is 0.